The van der Waals surface area contributed by atoms with E-state index in [-0.39, 0.29) is 11.8 Å². The Bertz CT molecular complexity index is 528. The molecule has 1 N–H and O–H groups in total. The zero-order valence-electron chi connectivity index (χ0n) is 12.1. The van der Waals surface area contributed by atoms with E-state index in [0.29, 0.717) is 18.7 Å². The Labute approximate surface area is 118 Å². The normalized spacial score (nSPS) is 17.4. The predicted molar refractivity (Wildman–Crippen MR) is 76.7 cm³/mol. The zero-order chi connectivity index (χ0) is 14.7. The van der Waals surface area contributed by atoms with Gasteiger partial charge in [0.25, 0.3) is 5.91 Å². The van der Waals surface area contributed by atoms with Crippen LogP contribution in [0.25, 0.3) is 0 Å². The molecule has 1 aliphatic rings. The Morgan fingerprint density at radius 2 is 2.20 bits per heavy atom. The lowest BCUT2D eigenvalue weighted by Gasteiger charge is -2.30. The molecule has 0 saturated heterocycles. The minimum absolute atomic E-state index is 0.0412. The second-order valence-electron chi connectivity index (χ2n) is 4.99. The topological polar surface area (TPSA) is 58.6 Å². The quantitative estimate of drug-likeness (QED) is 0.913. The van der Waals surface area contributed by atoms with Gasteiger partial charge in [-0.05, 0) is 31.0 Å². The number of hydrogen-bond donors (Lipinski definition) is 1. The summed E-state index contributed by atoms with van der Waals surface area (Å²) in [4.78, 5) is 24.9. The first-order valence-electron chi connectivity index (χ1n) is 6.86. The second kappa shape index (κ2) is 5.94. The number of fused-ring (bicyclic) bond motifs is 1. The number of amides is 2. The van der Waals surface area contributed by atoms with Crippen LogP contribution in [-0.4, -0.2) is 25.0 Å². The molecule has 1 aromatic rings. The first-order chi connectivity index (χ1) is 9.52. The van der Waals surface area contributed by atoms with Crippen LogP contribution in [0.3, 0.4) is 0 Å². The summed E-state index contributed by atoms with van der Waals surface area (Å²) in [6.07, 6.45) is 0.908. The van der Waals surface area contributed by atoms with Crippen molar-refractivity contribution < 1.29 is 14.3 Å². The molecule has 5 nitrogen and oxygen atoms in total. The minimum Gasteiger partial charge on any atom is -0.479 e. The number of benzene rings is 1. The molecule has 0 spiro atoms. The number of carbonyl (C=O) groups is 2. The fourth-order valence-electron chi connectivity index (χ4n) is 2.18. The van der Waals surface area contributed by atoms with Crippen molar-refractivity contribution in [3.05, 3.63) is 23.8 Å². The molecule has 1 atom stereocenters. The highest BCUT2D eigenvalue weighted by molar-refractivity contribution is 5.99. The Kier molecular flexibility index (Phi) is 4.27. The van der Waals surface area contributed by atoms with Gasteiger partial charge in [0.15, 0.2) is 6.10 Å². The van der Waals surface area contributed by atoms with Gasteiger partial charge in [0.2, 0.25) is 5.91 Å². The van der Waals surface area contributed by atoms with E-state index in [1.165, 1.54) is 0 Å². The molecule has 2 amide bonds. The van der Waals surface area contributed by atoms with Gasteiger partial charge in [0.1, 0.15) is 5.75 Å². The first kappa shape index (κ1) is 14.4. The highest BCUT2D eigenvalue weighted by atomic mass is 16.5. The van der Waals surface area contributed by atoms with E-state index in [1.54, 1.807) is 18.9 Å². The zero-order valence-corrected chi connectivity index (χ0v) is 12.1. The van der Waals surface area contributed by atoms with E-state index in [9.17, 15) is 9.59 Å². The Morgan fingerprint density at radius 1 is 1.45 bits per heavy atom. The van der Waals surface area contributed by atoms with Gasteiger partial charge >= 0.3 is 0 Å². The molecule has 0 aromatic heterocycles. The van der Waals surface area contributed by atoms with Gasteiger partial charge in [0.05, 0.1) is 5.69 Å². The molecule has 0 aliphatic carbocycles. The van der Waals surface area contributed by atoms with E-state index in [0.717, 1.165) is 17.7 Å². The van der Waals surface area contributed by atoms with Crippen LogP contribution in [-0.2, 0) is 16.1 Å². The van der Waals surface area contributed by atoms with Crippen LogP contribution in [0.2, 0.25) is 0 Å². The lowest BCUT2D eigenvalue weighted by atomic mass is 10.1. The maximum Gasteiger partial charge on any atom is 0.267 e. The third kappa shape index (κ3) is 2.92. The van der Waals surface area contributed by atoms with Crippen molar-refractivity contribution in [3.8, 4) is 5.75 Å². The molecule has 1 unspecified atom stereocenters. The maximum atomic E-state index is 11.9. The van der Waals surface area contributed by atoms with E-state index in [2.05, 4.69) is 5.32 Å². The fraction of sp³-hybridized carbons (Fsp3) is 0.467. The number of carbonyl (C=O) groups excluding carboxylic acids is 2. The highest BCUT2D eigenvalue weighted by Gasteiger charge is 2.28. The smallest absolute Gasteiger partial charge is 0.267 e. The van der Waals surface area contributed by atoms with Gasteiger partial charge in [-0.3, -0.25) is 9.59 Å². The number of nitrogens with zero attached hydrogens (tertiary/aromatic N) is 1. The number of ether oxygens (including phenoxy) is 1. The lowest BCUT2D eigenvalue weighted by molar-refractivity contribution is -0.125. The van der Waals surface area contributed by atoms with Crippen LogP contribution in [0.15, 0.2) is 18.2 Å². The Balaban J connectivity index is 2.11. The first-order valence-corrected chi connectivity index (χ1v) is 6.86. The summed E-state index contributed by atoms with van der Waals surface area (Å²) in [6, 6.07) is 5.63. The molecule has 2 rings (SSSR count). The third-order valence-electron chi connectivity index (χ3n) is 3.33. The molecule has 1 heterocycles. The highest BCUT2D eigenvalue weighted by Crippen LogP contribution is 2.33. The van der Waals surface area contributed by atoms with E-state index < -0.39 is 6.10 Å². The van der Waals surface area contributed by atoms with Crippen molar-refractivity contribution in [2.45, 2.75) is 39.3 Å². The number of anilines is 1. The summed E-state index contributed by atoms with van der Waals surface area (Å²) in [5.74, 6) is 0.674. The summed E-state index contributed by atoms with van der Waals surface area (Å²) in [6.45, 7) is 4.17. The summed E-state index contributed by atoms with van der Waals surface area (Å²) in [5, 5.41) is 2.86. The van der Waals surface area contributed by atoms with E-state index in [1.807, 2.05) is 25.1 Å². The van der Waals surface area contributed by atoms with Crippen molar-refractivity contribution in [1.82, 2.24) is 5.32 Å². The molecule has 0 fully saturated rings. The van der Waals surface area contributed by atoms with Crippen molar-refractivity contribution in [1.29, 1.82) is 0 Å². The maximum absolute atomic E-state index is 11.9. The van der Waals surface area contributed by atoms with Gasteiger partial charge in [0, 0.05) is 20.0 Å². The second-order valence-corrected chi connectivity index (χ2v) is 4.99. The number of likely N-dealkylation sites (N-methyl/N-ethyl adjacent to an activating group) is 1. The van der Waals surface area contributed by atoms with Crippen LogP contribution >= 0.6 is 0 Å². The molecule has 0 radical (unpaired) electrons. The molecular formula is C15H20N2O3. The van der Waals surface area contributed by atoms with Gasteiger partial charge in [-0.1, -0.05) is 13.0 Å². The average molecular weight is 276 g/mol. The van der Waals surface area contributed by atoms with Crippen LogP contribution < -0.4 is 15.0 Å². The van der Waals surface area contributed by atoms with Crippen molar-refractivity contribution >= 4 is 17.5 Å². The van der Waals surface area contributed by atoms with Crippen molar-refractivity contribution in [2.24, 2.45) is 0 Å². The fourth-order valence-corrected chi connectivity index (χ4v) is 2.18. The van der Waals surface area contributed by atoms with Gasteiger partial charge in [-0.15, -0.1) is 0 Å². The minimum atomic E-state index is -0.456. The summed E-state index contributed by atoms with van der Waals surface area (Å²) in [7, 11) is 1.74. The summed E-state index contributed by atoms with van der Waals surface area (Å²) < 4.78 is 5.56. The SMILES string of the molecule is CCCC(=O)NCc1ccc2c(c1)N(C)C(=O)C(C)O2. The van der Waals surface area contributed by atoms with Gasteiger partial charge in [-0.2, -0.15) is 0 Å². The number of hydrogen-bond acceptors (Lipinski definition) is 3. The molecule has 5 heteroatoms. The number of nitrogens with one attached hydrogen (secondary N) is 1. The standard InChI is InChI=1S/C15H20N2O3/c1-4-5-14(18)16-9-11-6-7-13-12(8-11)17(3)15(19)10(2)20-13/h6-8,10H,4-5,9H2,1-3H3,(H,16,18). The largest absolute Gasteiger partial charge is 0.479 e. The molecule has 0 bridgehead atoms. The molecule has 1 aromatic carbocycles. The lowest BCUT2D eigenvalue weighted by Crippen LogP contribution is -2.42. The van der Waals surface area contributed by atoms with Crippen LogP contribution in [0, 0.1) is 0 Å². The average Bonchev–Trinajstić information content (AvgIpc) is 2.43. The van der Waals surface area contributed by atoms with Crippen LogP contribution in [0.1, 0.15) is 32.3 Å². The summed E-state index contributed by atoms with van der Waals surface area (Å²) in [5.41, 5.74) is 1.70. The van der Waals surface area contributed by atoms with E-state index in [4.69, 9.17) is 4.74 Å². The molecule has 0 saturated carbocycles. The molecule has 20 heavy (non-hydrogen) atoms. The van der Waals surface area contributed by atoms with Gasteiger partial charge < -0.3 is 15.0 Å². The van der Waals surface area contributed by atoms with Crippen molar-refractivity contribution in [2.75, 3.05) is 11.9 Å². The third-order valence-corrected chi connectivity index (χ3v) is 3.33. The van der Waals surface area contributed by atoms with E-state index >= 15 is 0 Å². The molecule has 1 aliphatic heterocycles. The monoisotopic (exact) mass is 276 g/mol. The predicted octanol–water partition coefficient (Wildman–Crippen LogP) is 1.85. The molecular weight excluding hydrogens is 256 g/mol. The number of rotatable bonds is 4. The Hall–Kier alpha value is -2.04. The summed E-state index contributed by atoms with van der Waals surface area (Å²) >= 11 is 0. The van der Waals surface area contributed by atoms with Crippen LogP contribution in [0.4, 0.5) is 5.69 Å². The van der Waals surface area contributed by atoms with Crippen molar-refractivity contribution in [3.63, 3.8) is 0 Å². The molecule has 108 valence electrons. The van der Waals surface area contributed by atoms with Gasteiger partial charge in [-0.25, -0.2) is 0 Å². The Morgan fingerprint density at radius 3 is 2.90 bits per heavy atom. The van der Waals surface area contributed by atoms with Crippen LogP contribution in [0.5, 0.6) is 5.75 Å².